The van der Waals surface area contributed by atoms with E-state index < -0.39 is 6.04 Å². The van der Waals surface area contributed by atoms with Crippen molar-refractivity contribution in [2.45, 2.75) is 32.4 Å². The Hall–Kier alpha value is -1.14. The van der Waals surface area contributed by atoms with Crippen molar-refractivity contribution >= 4 is 42.1 Å². The molecule has 0 saturated heterocycles. The smallest absolute Gasteiger partial charge is 0.242 e. The second kappa shape index (κ2) is 9.79. The summed E-state index contributed by atoms with van der Waals surface area (Å²) in [5.41, 5.74) is 7.99. The third-order valence-electron chi connectivity index (χ3n) is 3.19. The molecule has 0 aliphatic carbocycles. The van der Waals surface area contributed by atoms with E-state index in [-0.39, 0.29) is 36.8 Å². The summed E-state index contributed by atoms with van der Waals surface area (Å²) < 4.78 is 0. The van der Waals surface area contributed by atoms with Crippen LogP contribution in [0, 0.1) is 6.92 Å². The van der Waals surface area contributed by atoms with Gasteiger partial charge in [0.2, 0.25) is 5.91 Å². The number of halogens is 2. The van der Waals surface area contributed by atoms with E-state index in [1.54, 1.807) is 17.5 Å². The number of carbonyl (C=O) groups excluding carboxylic acids is 1. The first-order chi connectivity index (χ1) is 9.61. The number of nitrogens with one attached hydrogen (secondary N) is 1. The lowest BCUT2D eigenvalue weighted by atomic mass is 10.0. The van der Waals surface area contributed by atoms with Crippen LogP contribution in [0.3, 0.4) is 0 Å². The van der Waals surface area contributed by atoms with Gasteiger partial charge in [0, 0.05) is 11.6 Å². The van der Waals surface area contributed by atoms with Crippen molar-refractivity contribution < 1.29 is 4.79 Å². The quantitative estimate of drug-likeness (QED) is 0.855. The zero-order chi connectivity index (χ0) is 14.5. The van der Waals surface area contributed by atoms with Crippen molar-refractivity contribution in [2.24, 2.45) is 5.73 Å². The van der Waals surface area contributed by atoms with Gasteiger partial charge in [-0.1, -0.05) is 36.8 Å². The molecular weight excluding hydrogens is 341 g/mol. The van der Waals surface area contributed by atoms with Crippen LogP contribution < -0.4 is 11.1 Å². The Morgan fingerprint density at radius 3 is 2.45 bits per heavy atom. The lowest BCUT2D eigenvalue weighted by Crippen LogP contribution is -2.36. The van der Waals surface area contributed by atoms with E-state index in [1.807, 2.05) is 43.5 Å². The second-order valence-electron chi connectivity index (χ2n) is 4.73. The summed E-state index contributed by atoms with van der Waals surface area (Å²) in [7, 11) is 0. The Morgan fingerprint density at radius 2 is 1.95 bits per heavy atom. The number of thiazole rings is 1. The van der Waals surface area contributed by atoms with Crippen LogP contribution in [0.15, 0.2) is 35.8 Å². The molecule has 0 fully saturated rings. The van der Waals surface area contributed by atoms with Crippen molar-refractivity contribution in [3.05, 3.63) is 52.0 Å². The van der Waals surface area contributed by atoms with Crippen LogP contribution in [0.1, 0.15) is 41.6 Å². The zero-order valence-electron chi connectivity index (χ0n) is 12.5. The van der Waals surface area contributed by atoms with E-state index in [0.717, 1.165) is 22.6 Å². The van der Waals surface area contributed by atoms with Crippen molar-refractivity contribution in [1.29, 1.82) is 0 Å². The largest absolute Gasteiger partial charge is 0.345 e. The molecule has 2 atom stereocenters. The summed E-state index contributed by atoms with van der Waals surface area (Å²) in [5, 5.41) is 5.79. The van der Waals surface area contributed by atoms with Gasteiger partial charge in [-0.05, 0) is 18.9 Å². The van der Waals surface area contributed by atoms with Crippen LogP contribution in [0.5, 0.6) is 0 Å². The summed E-state index contributed by atoms with van der Waals surface area (Å²) in [5.74, 6) is -0.170. The van der Waals surface area contributed by atoms with E-state index in [1.165, 1.54) is 0 Å². The summed E-state index contributed by atoms with van der Waals surface area (Å²) >= 11 is 1.54. The highest BCUT2D eigenvalue weighted by Gasteiger charge is 2.20. The maximum absolute atomic E-state index is 12.2. The molecule has 4 nitrogen and oxygen atoms in total. The molecule has 0 saturated carbocycles. The number of benzene rings is 1. The molecule has 3 N–H and O–H groups in total. The normalized spacial score (nSPS) is 12.5. The van der Waals surface area contributed by atoms with Gasteiger partial charge in [0.25, 0.3) is 0 Å². The Labute approximate surface area is 147 Å². The highest BCUT2D eigenvalue weighted by Crippen LogP contribution is 2.20. The molecule has 0 bridgehead atoms. The van der Waals surface area contributed by atoms with Gasteiger partial charge in [-0.15, -0.1) is 36.2 Å². The second-order valence-corrected chi connectivity index (χ2v) is 5.65. The molecule has 2 aromatic rings. The average molecular weight is 362 g/mol. The standard InChI is InChI=1S/C15H19N3OS.2ClH/c1-3-12(15-17-8-9-20-15)18-14(19)13(16)11-6-4-10(2)5-7-11;;/h4-9,12-13H,3,16H2,1-2H3,(H,18,19);2*1H. The molecule has 1 amide bonds. The summed E-state index contributed by atoms with van der Waals surface area (Å²) in [4.78, 5) is 16.5. The zero-order valence-corrected chi connectivity index (χ0v) is 14.9. The van der Waals surface area contributed by atoms with E-state index in [0.29, 0.717) is 0 Å². The van der Waals surface area contributed by atoms with Gasteiger partial charge in [-0.25, -0.2) is 4.98 Å². The Morgan fingerprint density at radius 1 is 1.32 bits per heavy atom. The SMILES string of the molecule is CCC(NC(=O)C(N)c1ccc(C)cc1)c1nccs1.Cl.Cl. The van der Waals surface area contributed by atoms with Crippen molar-refractivity contribution in [3.63, 3.8) is 0 Å². The van der Waals surface area contributed by atoms with E-state index in [4.69, 9.17) is 5.73 Å². The fourth-order valence-corrected chi connectivity index (χ4v) is 2.70. The number of carbonyl (C=O) groups is 1. The lowest BCUT2D eigenvalue weighted by molar-refractivity contribution is -0.123. The minimum absolute atomic E-state index is 0. The predicted molar refractivity (Wildman–Crippen MR) is 95.9 cm³/mol. The fraction of sp³-hybridized carbons (Fsp3) is 0.333. The summed E-state index contributed by atoms with van der Waals surface area (Å²) in [6.07, 6.45) is 2.54. The summed E-state index contributed by atoms with van der Waals surface area (Å²) in [6.45, 7) is 4.02. The van der Waals surface area contributed by atoms with Crippen molar-refractivity contribution in [1.82, 2.24) is 10.3 Å². The number of hydrogen-bond acceptors (Lipinski definition) is 4. The first-order valence-electron chi connectivity index (χ1n) is 6.63. The first-order valence-corrected chi connectivity index (χ1v) is 7.51. The minimum atomic E-state index is -0.649. The molecule has 2 unspecified atom stereocenters. The number of aryl methyl sites for hydroxylation is 1. The molecule has 0 aliphatic heterocycles. The van der Waals surface area contributed by atoms with Gasteiger partial charge in [0.15, 0.2) is 0 Å². The third-order valence-corrected chi connectivity index (χ3v) is 4.08. The topological polar surface area (TPSA) is 68.0 Å². The molecule has 1 heterocycles. The van der Waals surface area contributed by atoms with Gasteiger partial charge < -0.3 is 11.1 Å². The molecular formula is C15H21Cl2N3OS. The number of rotatable bonds is 5. The van der Waals surface area contributed by atoms with Crippen LogP contribution in [0.2, 0.25) is 0 Å². The number of nitrogens with two attached hydrogens (primary N) is 1. The van der Waals surface area contributed by atoms with Crippen LogP contribution in [-0.4, -0.2) is 10.9 Å². The fourth-order valence-electron chi connectivity index (χ4n) is 1.93. The molecule has 122 valence electrons. The molecule has 1 aromatic heterocycles. The maximum atomic E-state index is 12.2. The predicted octanol–water partition coefficient (Wildman–Crippen LogP) is 3.56. The summed E-state index contributed by atoms with van der Waals surface area (Å²) in [6, 6.07) is 6.98. The van der Waals surface area contributed by atoms with E-state index in [2.05, 4.69) is 10.3 Å². The highest BCUT2D eigenvalue weighted by molar-refractivity contribution is 7.09. The van der Waals surface area contributed by atoms with Gasteiger partial charge in [-0.3, -0.25) is 4.79 Å². The third kappa shape index (κ3) is 5.25. The van der Waals surface area contributed by atoms with Gasteiger partial charge in [0.1, 0.15) is 11.0 Å². The Bertz CT molecular complexity index is 561. The molecule has 0 aliphatic rings. The van der Waals surface area contributed by atoms with Crippen LogP contribution in [-0.2, 0) is 4.79 Å². The molecule has 2 rings (SSSR count). The molecule has 22 heavy (non-hydrogen) atoms. The molecule has 1 aromatic carbocycles. The minimum Gasteiger partial charge on any atom is -0.345 e. The van der Waals surface area contributed by atoms with Crippen LogP contribution in [0.4, 0.5) is 0 Å². The Balaban J connectivity index is 0.00000220. The van der Waals surface area contributed by atoms with E-state index in [9.17, 15) is 4.79 Å². The maximum Gasteiger partial charge on any atom is 0.242 e. The first kappa shape index (κ1) is 20.9. The van der Waals surface area contributed by atoms with E-state index >= 15 is 0 Å². The highest BCUT2D eigenvalue weighted by atomic mass is 35.5. The number of aromatic nitrogens is 1. The lowest BCUT2D eigenvalue weighted by Gasteiger charge is -2.18. The Kier molecular flexibility index (Phi) is 9.28. The van der Waals surface area contributed by atoms with Crippen molar-refractivity contribution in [2.75, 3.05) is 0 Å². The number of amides is 1. The average Bonchev–Trinajstić information content (AvgIpc) is 2.98. The molecule has 0 spiro atoms. The monoisotopic (exact) mass is 361 g/mol. The molecule has 7 heteroatoms. The van der Waals surface area contributed by atoms with Crippen LogP contribution in [0.25, 0.3) is 0 Å². The number of nitrogens with zero attached hydrogens (tertiary/aromatic N) is 1. The van der Waals surface area contributed by atoms with Gasteiger partial charge in [-0.2, -0.15) is 0 Å². The van der Waals surface area contributed by atoms with Crippen molar-refractivity contribution in [3.8, 4) is 0 Å². The molecule has 0 radical (unpaired) electrons. The number of hydrogen-bond donors (Lipinski definition) is 2. The van der Waals surface area contributed by atoms with Gasteiger partial charge in [0.05, 0.1) is 6.04 Å². The van der Waals surface area contributed by atoms with Gasteiger partial charge >= 0.3 is 0 Å². The van der Waals surface area contributed by atoms with Crippen LogP contribution >= 0.6 is 36.2 Å².